The Labute approximate surface area is 193 Å². The summed E-state index contributed by atoms with van der Waals surface area (Å²) in [5.74, 6) is 0.334. The molecule has 0 saturated heterocycles. The van der Waals surface area contributed by atoms with Crippen LogP contribution >= 0.6 is 15.9 Å². The number of aromatic nitrogens is 4. The van der Waals surface area contributed by atoms with E-state index in [4.69, 9.17) is 0 Å². The van der Waals surface area contributed by atoms with E-state index in [9.17, 15) is 4.79 Å². The third-order valence-electron chi connectivity index (χ3n) is 5.23. The molecular weight excluding hydrogens is 466 g/mol. The minimum atomic E-state index is -0.191. The fourth-order valence-corrected chi connectivity index (χ4v) is 4.06. The highest BCUT2D eigenvalue weighted by molar-refractivity contribution is 9.10. The van der Waals surface area contributed by atoms with Crippen LogP contribution in [0.3, 0.4) is 0 Å². The Morgan fingerprint density at radius 1 is 0.938 bits per heavy atom. The molecule has 2 aromatic heterocycles. The Morgan fingerprint density at radius 2 is 1.78 bits per heavy atom. The second-order valence-electron chi connectivity index (χ2n) is 7.55. The molecule has 0 saturated carbocycles. The highest BCUT2D eigenvalue weighted by Crippen LogP contribution is 2.20. The molecule has 3 aromatic carbocycles. The first-order valence-corrected chi connectivity index (χ1v) is 11.0. The molecule has 1 amide bonds. The smallest absolute Gasteiger partial charge is 0.256 e. The van der Waals surface area contributed by atoms with Gasteiger partial charge in [-0.15, -0.1) is 0 Å². The number of hydrogen-bond donors (Lipinski definition) is 1. The third-order valence-corrected chi connectivity index (χ3v) is 5.64. The lowest BCUT2D eigenvalue weighted by molar-refractivity contribution is 0.102. The van der Waals surface area contributed by atoms with Crippen LogP contribution in [0.4, 0.5) is 5.82 Å². The molecule has 32 heavy (non-hydrogen) atoms. The fourth-order valence-electron chi connectivity index (χ4n) is 3.73. The Kier molecular flexibility index (Phi) is 5.56. The van der Waals surface area contributed by atoms with E-state index >= 15 is 0 Å². The zero-order valence-electron chi connectivity index (χ0n) is 17.1. The number of halogens is 1. The molecule has 0 aliphatic rings. The number of benzene rings is 3. The van der Waals surface area contributed by atoms with Gasteiger partial charge in [-0.1, -0.05) is 54.6 Å². The second kappa shape index (κ2) is 8.80. The van der Waals surface area contributed by atoms with Crippen LogP contribution < -0.4 is 5.32 Å². The molecule has 0 atom stereocenters. The van der Waals surface area contributed by atoms with Gasteiger partial charge in [0, 0.05) is 24.0 Å². The van der Waals surface area contributed by atoms with Crippen LogP contribution in [0.25, 0.3) is 10.8 Å². The zero-order chi connectivity index (χ0) is 21.9. The minimum absolute atomic E-state index is 0.191. The quantitative estimate of drug-likeness (QED) is 0.352. The summed E-state index contributed by atoms with van der Waals surface area (Å²) in [7, 11) is 0. The average molecular weight is 486 g/mol. The van der Waals surface area contributed by atoms with Crippen molar-refractivity contribution in [2.24, 2.45) is 0 Å². The number of fused-ring (bicyclic) bond motifs is 1. The molecule has 1 N–H and O–H groups in total. The van der Waals surface area contributed by atoms with Crippen molar-refractivity contribution in [2.45, 2.75) is 13.1 Å². The summed E-state index contributed by atoms with van der Waals surface area (Å²) >= 11 is 3.40. The van der Waals surface area contributed by atoms with Crippen molar-refractivity contribution in [3.63, 3.8) is 0 Å². The SMILES string of the molecule is O=C(Nc1ccn(Cc2cccc3ccccc23)n1)c1cccc(Cn2cc(Br)cn2)c1. The number of anilines is 1. The molecule has 6 nitrogen and oxygen atoms in total. The van der Waals surface area contributed by atoms with Crippen molar-refractivity contribution in [1.82, 2.24) is 19.6 Å². The van der Waals surface area contributed by atoms with E-state index in [0.717, 1.165) is 10.0 Å². The number of nitrogens with zero attached hydrogens (tertiary/aromatic N) is 4. The lowest BCUT2D eigenvalue weighted by atomic mass is 10.0. The largest absolute Gasteiger partial charge is 0.305 e. The lowest BCUT2D eigenvalue weighted by Gasteiger charge is -2.07. The summed E-state index contributed by atoms with van der Waals surface area (Å²) in [6.45, 7) is 1.22. The van der Waals surface area contributed by atoms with Gasteiger partial charge in [0.05, 0.1) is 23.8 Å². The van der Waals surface area contributed by atoms with Gasteiger partial charge in [-0.2, -0.15) is 10.2 Å². The van der Waals surface area contributed by atoms with Gasteiger partial charge in [0.25, 0.3) is 5.91 Å². The highest BCUT2D eigenvalue weighted by Gasteiger charge is 2.10. The van der Waals surface area contributed by atoms with Gasteiger partial charge in [0.1, 0.15) is 0 Å². The first-order chi connectivity index (χ1) is 15.6. The summed E-state index contributed by atoms with van der Waals surface area (Å²) in [5.41, 5.74) is 2.76. The van der Waals surface area contributed by atoms with Gasteiger partial charge in [-0.05, 0) is 50.0 Å². The van der Waals surface area contributed by atoms with E-state index in [1.165, 1.54) is 16.3 Å². The van der Waals surface area contributed by atoms with Crippen LogP contribution in [0.15, 0.2) is 95.9 Å². The average Bonchev–Trinajstić information content (AvgIpc) is 3.42. The zero-order valence-corrected chi connectivity index (χ0v) is 18.7. The molecule has 5 rings (SSSR count). The van der Waals surface area contributed by atoms with Crippen molar-refractivity contribution in [3.05, 3.63) is 113 Å². The molecule has 0 fully saturated rings. The van der Waals surface area contributed by atoms with Crippen LogP contribution in [0.5, 0.6) is 0 Å². The van der Waals surface area contributed by atoms with Crippen LogP contribution in [-0.4, -0.2) is 25.5 Å². The molecule has 2 heterocycles. The Morgan fingerprint density at radius 3 is 2.66 bits per heavy atom. The van der Waals surface area contributed by atoms with Crippen molar-refractivity contribution < 1.29 is 4.79 Å². The first-order valence-electron chi connectivity index (χ1n) is 10.2. The molecular formula is C25H20BrN5O. The van der Waals surface area contributed by atoms with Gasteiger partial charge < -0.3 is 5.32 Å². The van der Waals surface area contributed by atoms with E-state index in [1.807, 2.05) is 58.2 Å². The molecule has 0 bridgehead atoms. The molecule has 7 heteroatoms. The number of hydrogen-bond acceptors (Lipinski definition) is 3. The molecule has 158 valence electrons. The van der Waals surface area contributed by atoms with Crippen molar-refractivity contribution in [2.75, 3.05) is 5.32 Å². The summed E-state index contributed by atoms with van der Waals surface area (Å²) in [6.07, 6.45) is 5.52. The Bertz CT molecular complexity index is 1400. The summed E-state index contributed by atoms with van der Waals surface area (Å²) in [6, 6.07) is 23.9. The Hall–Kier alpha value is -3.71. The van der Waals surface area contributed by atoms with E-state index < -0.39 is 0 Å². The standard InChI is InChI=1S/C25H20BrN5O/c26-22-14-27-31(17-22)15-18-5-3-8-20(13-18)25(32)28-24-11-12-30(29-24)16-21-9-4-7-19-6-1-2-10-23(19)21/h1-14,17H,15-16H2,(H,28,29,32). The van der Waals surface area contributed by atoms with Crippen LogP contribution in [-0.2, 0) is 13.1 Å². The first kappa shape index (κ1) is 20.2. The summed E-state index contributed by atoms with van der Waals surface area (Å²) < 4.78 is 4.57. The molecule has 0 radical (unpaired) electrons. The van der Waals surface area contributed by atoms with E-state index in [1.54, 1.807) is 12.3 Å². The van der Waals surface area contributed by atoms with Gasteiger partial charge >= 0.3 is 0 Å². The molecule has 0 unspecified atom stereocenters. The van der Waals surface area contributed by atoms with Crippen molar-refractivity contribution >= 4 is 38.4 Å². The maximum Gasteiger partial charge on any atom is 0.256 e. The number of carbonyl (C=O) groups is 1. The van der Waals surface area contributed by atoms with E-state index in [2.05, 4.69) is 61.8 Å². The number of carbonyl (C=O) groups excluding carboxylic acids is 1. The highest BCUT2D eigenvalue weighted by atomic mass is 79.9. The normalized spacial score (nSPS) is 11.0. The number of rotatable bonds is 6. The van der Waals surface area contributed by atoms with Gasteiger partial charge in [0.2, 0.25) is 0 Å². The fraction of sp³-hybridized carbons (Fsp3) is 0.0800. The minimum Gasteiger partial charge on any atom is -0.305 e. The number of nitrogens with one attached hydrogen (secondary N) is 1. The van der Waals surface area contributed by atoms with Crippen LogP contribution in [0.1, 0.15) is 21.5 Å². The topological polar surface area (TPSA) is 64.7 Å². The van der Waals surface area contributed by atoms with Crippen LogP contribution in [0, 0.1) is 0 Å². The number of amides is 1. The third kappa shape index (κ3) is 4.48. The van der Waals surface area contributed by atoms with E-state index in [-0.39, 0.29) is 5.91 Å². The van der Waals surface area contributed by atoms with Gasteiger partial charge in [-0.25, -0.2) is 0 Å². The lowest BCUT2D eigenvalue weighted by Crippen LogP contribution is -2.13. The Balaban J connectivity index is 1.28. The predicted octanol–water partition coefficient (Wildman–Crippen LogP) is 5.34. The summed E-state index contributed by atoms with van der Waals surface area (Å²) in [5, 5.41) is 14.1. The second-order valence-corrected chi connectivity index (χ2v) is 8.46. The molecule has 0 spiro atoms. The maximum absolute atomic E-state index is 12.8. The molecule has 5 aromatic rings. The maximum atomic E-state index is 12.8. The van der Waals surface area contributed by atoms with Crippen LogP contribution in [0.2, 0.25) is 0 Å². The van der Waals surface area contributed by atoms with Crippen molar-refractivity contribution in [1.29, 1.82) is 0 Å². The molecule has 0 aliphatic carbocycles. The monoisotopic (exact) mass is 485 g/mol. The summed E-state index contributed by atoms with van der Waals surface area (Å²) in [4.78, 5) is 12.8. The van der Waals surface area contributed by atoms with Gasteiger partial charge in [0.15, 0.2) is 5.82 Å². The predicted molar refractivity (Wildman–Crippen MR) is 129 cm³/mol. The van der Waals surface area contributed by atoms with Crippen molar-refractivity contribution in [3.8, 4) is 0 Å². The van der Waals surface area contributed by atoms with Gasteiger partial charge in [-0.3, -0.25) is 14.2 Å². The van der Waals surface area contributed by atoms with E-state index in [0.29, 0.717) is 24.5 Å². The molecule has 0 aliphatic heterocycles.